The molecule has 2 atom stereocenters. The van der Waals surface area contributed by atoms with E-state index in [0.29, 0.717) is 12.0 Å². The van der Waals surface area contributed by atoms with Crippen molar-refractivity contribution in [3.63, 3.8) is 0 Å². The van der Waals surface area contributed by atoms with Gasteiger partial charge in [0.2, 0.25) is 5.91 Å². The first kappa shape index (κ1) is 28.0. The van der Waals surface area contributed by atoms with Gasteiger partial charge in [-0.15, -0.1) is 0 Å². The molecule has 7 heteroatoms. The summed E-state index contributed by atoms with van der Waals surface area (Å²) in [6, 6.07) is 5.93. The zero-order chi connectivity index (χ0) is 25.5. The Kier molecular flexibility index (Phi) is 9.97. The third-order valence-electron chi connectivity index (χ3n) is 4.57. The average Bonchev–Trinajstić information content (AvgIpc) is 2.61. The van der Waals surface area contributed by atoms with Gasteiger partial charge in [-0.3, -0.25) is 14.5 Å². The molecule has 0 aliphatic rings. The third-order valence-corrected chi connectivity index (χ3v) is 4.57. The summed E-state index contributed by atoms with van der Waals surface area (Å²) in [5, 5.41) is 5.51. The highest BCUT2D eigenvalue weighted by Crippen LogP contribution is 2.25. The predicted molar refractivity (Wildman–Crippen MR) is 130 cm³/mol. The minimum atomic E-state index is -1.04. The molecule has 1 aromatic carbocycles. The maximum atomic E-state index is 13.6. The van der Waals surface area contributed by atoms with E-state index in [2.05, 4.69) is 16.7 Å². The van der Waals surface area contributed by atoms with Crippen molar-refractivity contribution in [2.45, 2.75) is 92.5 Å². The molecule has 0 saturated carbocycles. The third kappa shape index (κ3) is 9.17. The number of ether oxygens (including phenoxy) is 1. The van der Waals surface area contributed by atoms with Gasteiger partial charge in [0.25, 0.3) is 5.91 Å². The van der Waals surface area contributed by atoms with Crippen molar-refractivity contribution in [2.24, 2.45) is 5.92 Å². The number of rotatable bonds is 8. The van der Waals surface area contributed by atoms with E-state index in [4.69, 9.17) is 11.2 Å². The van der Waals surface area contributed by atoms with Gasteiger partial charge in [-0.25, -0.2) is 4.79 Å². The van der Waals surface area contributed by atoms with Crippen LogP contribution in [0.1, 0.15) is 77.6 Å². The van der Waals surface area contributed by atoms with E-state index in [1.807, 2.05) is 59.7 Å². The van der Waals surface area contributed by atoms with Crippen molar-refractivity contribution in [1.82, 2.24) is 15.5 Å². The van der Waals surface area contributed by atoms with Gasteiger partial charge in [-0.1, -0.05) is 49.6 Å². The first-order chi connectivity index (χ1) is 15.1. The highest BCUT2D eigenvalue weighted by atomic mass is 16.6. The van der Waals surface area contributed by atoms with Crippen LogP contribution in [-0.2, 0) is 14.3 Å². The number of aryl methyl sites for hydroxylation is 2. The Morgan fingerprint density at radius 3 is 2.00 bits per heavy atom. The maximum absolute atomic E-state index is 13.6. The molecule has 0 aromatic heterocycles. The molecule has 182 valence electrons. The fourth-order valence-corrected chi connectivity index (χ4v) is 3.52. The van der Waals surface area contributed by atoms with Crippen molar-refractivity contribution in [3.05, 3.63) is 34.9 Å². The molecule has 0 aliphatic carbocycles. The van der Waals surface area contributed by atoms with Crippen molar-refractivity contribution >= 4 is 17.9 Å². The number of nitrogens with one attached hydrogen (secondary N) is 2. The fraction of sp³-hybridized carbons (Fsp3) is 0.577. The Hall–Kier alpha value is -3.01. The molecule has 33 heavy (non-hydrogen) atoms. The SMILES string of the molecule is C#CN(C(=O)C(CC(C)C)NC(=O)OC(C)(C)C)C(C(=O)NC(C)C)c1cc(C)cc(C)c1. The van der Waals surface area contributed by atoms with E-state index in [0.717, 1.165) is 16.0 Å². The number of carbonyl (C=O) groups excluding carboxylic acids is 3. The summed E-state index contributed by atoms with van der Waals surface area (Å²) in [4.78, 5) is 40.4. The normalized spacial score (nSPS) is 13.2. The van der Waals surface area contributed by atoms with Gasteiger partial charge in [-0.2, -0.15) is 0 Å². The number of hydrogen-bond donors (Lipinski definition) is 2. The van der Waals surface area contributed by atoms with Crippen molar-refractivity contribution in [2.75, 3.05) is 0 Å². The van der Waals surface area contributed by atoms with Crippen LogP contribution >= 0.6 is 0 Å². The molecule has 0 aliphatic heterocycles. The van der Waals surface area contributed by atoms with Gasteiger partial charge >= 0.3 is 6.09 Å². The van der Waals surface area contributed by atoms with E-state index in [1.165, 1.54) is 0 Å². The second-order valence-electron chi connectivity index (χ2n) is 10.2. The highest BCUT2D eigenvalue weighted by molar-refractivity contribution is 5.93. The summed E-state index contributed by atoms with van der Waals surface area (Å²) in [5.41, 5.74) is 1.78. The van der Waals surface area contributed by atoms with Crippen LogP contribution in [0.5, 0.6) is 0 Å². The Morgan fingerprint density at radius 1 is 1.03 bits per heavy atom. The van der Waals surface area contributed by atoms with Crippen LogP contribution in [0, 0.1) is 32.2 Å². The van der Waals surface area contributed by atoms with Crippen LogP contribution in [-0.4, -0.2) is 40.5 Å². The Labute approximate surface area is 198 Å². The molecule has 3 amide bonds. The molecule has 0 heterocycles. The fourth-order valence-electron chi connectivity index (χ4n) is 3.52. The molecule has 2 unspecified atom stereocenters. The van der Waals surface area contributed by atoms with E-state index in [9.17, 15) is 14.4 Å². The Balaban J connectivity index is 3.42. The van der Waals surface area contributed by atoms with Gasteiger partial charge < -0.3 is 15.4 Å². The lowest BCUT2D eigenvalue weighted by atomic mass is 9.97. The number of alkyl carbamates (subject to hydrolysis) is 1. The zero-order valence-corrected chi connectivity index (χ0v) is 21.4. The summed E-state index contributed by atoms with van der Waals surface area (Å²) in [6.45, 7) is 16.6. The summed E-state index contributed by atoms with van der Waals surface area (Å²) in [6.07, 6.45) is 5.41. The van der Waals surface area contributed by atoms with E-state index < -0.39 is 29.7 Å². The largest absolute Gasteiger partial charge is 0.444 e. The predicted octanol–water partition coefficient (Wildman–Crippen LogP) is 4.23. The van der Waals surface area contributed by atoms with Crippen molar-refractivity contribution < 1.29 is 19.1 Å². The van der Waals surface area contributed by atoms with Crippen LogP contribution in [0.2, 0.25) is 0 Å². The molecule has 2 N–H and O–H groups in total. The van der Waals surface area contributed by atoms with E-state index >= 15 is 0 Å². The molecular weight excluding hydrogens is 418 g/mol. The summed E-state index contributed by atoms with van der Waals surface area (Å²) in [7, 11) is 0. The van der Waals surface area contributed by atoms with Crippen LogP contribution < -0.4 is 10.6 Å². The summed E-state index contributed by atoms with van der Waals surface area (Å²) in [5.74, 6) is -0.848. The highest BCUT2D eigenvalue weighted by Gasteiger charge is 2.36. The lowest BCUT2D eigenvalue weighted by molar-refractivity contribution is -0.139. The number of nitrogens with zero attached hydrogens (tertiary/aromatic N) is 1. The standard InChI is InChI=1S/C26H39N3O4/c1-11-29(24(31)21(12-16(2)3)28-25(32)33-26(8,9)10)22(23(30)27-17(4)5)20-14-18(6)13-19(7)15-20/h1,13-17,21-22H,12H2,2-10H3,(H,27,30)(H,28,32). The first-order valence-electron chi connectivity index (χ1n) is 11.3. The quantitative estimate of drug-likeness (QED) is 0.452. The second kappa shape index (κ2) is 11.7. The maximum Gasteiger partial charge on any atom is 0.408 e. The van der Waals surface area contributed by atoms with Gasteiger partial charge in [-0.05, 0) is 66.4 Å². The smallest absolute Gasteiger partial charge is 0.408 e. The molecule has 0 spiro atoms. The summed E-state index contributed by atoms with van der Waals surface area (Å²) < 4.78 is 5.34. The second-order valence-corrected chi connectivity index (χ2v) is 10.2. The Morgan fingerprint density at radius 2 is 1.58 bits per heavy atom. The number of terminal acetylenes is 1. The van der Waals surface area contributed by atoms with Crippen LogP contribution in [0.15, 0.2) is 18.2 Å². The molecule has 1 aromatic rings. The van der Waals surface area contributed by atoms with Crippen LogP contribution in [0.4, 0.5) is 4.79 Å². The molecule has 0 bridgehead atoms. The molecular formula is C26H39N3O4. The summed E-state index contributed by atoms with van der Waals surface area (Å²) >= 11 is 0. The monoisotopic (exact) mass is 457 g/mol. The lowest BCUT2D eigenvalue weighted by Gasteiger charge is -2.31. The number of carbonyl (C=O) groups is 3. The minimum Gasteiger partial charge on any atom is -0.444 e. The zero-order valence-electron chi connectivity index (χ0n) is 21.4. The Bertz CT molecular complexity index is 874. The number of amides is 3. The van der Waals surface area contributed by atoms with Gasteiger partial charge in [0, 0.05) is 12.1 Å². The van der Waals surface area contributed by atoms with Crippen molar-refractivity contribution in [1.29, 1.82) is 0 Å². The molecule has 0 fully saturated rings. The number of benzene rings is 1. The van der Waals surface area contributed by atoms with Crippen LogP contribution in [0.3, 0.4) is 0 Å². The molecule has 0 radical (unpaired) electrons. The van der Waals surface area contributed by atoms with Gasteiger partial charge in [0.05, 0.1) is 0 Å². The molecule has 7 nitrogen and oxygen atoms in total. The first-order valence-corrected chi connectivity index (χ1v) is 11.3. The van der Waals surface area contributed by atoms with Gasteiger partial charge in [0.1, 0.15) is 17.7 Å². The lowest BCUT2D eigenvalue weighted by Crippen LogP contribution is -2.52. The molecule has 0 saturated heterocycles. The van der Waals surface area contributed by atoms with Crippen molar-refractivity contribution in [3.8, 4) is 12.5 Å². The number of hydrogen-bond acceptors (Lipinski definition) is 4. The van der Waals surface area contributed by atoms with E-state index in [1.54, 1.807) is 20.8 Å². The van der Waals surface area contributed by atoms with Gasteiger partial charge in [0.15, 0.2) is 0 Å². The van der Waals surface area contributed by atoms with Crippen LogP contribution in [0.25, 0.3) is 0 Å². The molecule has 1 rings (SSSR count). The minimum absolute atomic E-state index is 0.0812. The average molecular weight is 458 g/mol. The topological polar surface area (TPSA) is 87.7 Å². The van der Waals surface area contributed by atoms with E-state index in [-0.39, 0.29) is 17.9 Å².